The van der Waals surface area contributed by atoms with Crippen molar-refractivity contribution in [3.63, 3.8) is 0 Å². The third-order valence-electron chi connectivity index (χ3n) is 2.53. The number of aliphatic carboxylic acids is 1. The summed E-state index contributed by atoms with van der Waals surface area (Å²) in [5, 5.41) is 19.6. The molecule has 6 nitrogen and oxygen atoms in total. The second kappa shape index (κ2) is 6.52. The molecule has 20 heavy (non-hydrogen) atoms. The van der Waals surface area contributed by atoms with Crippen LogP contribution in [0, 0.1) is 17.1 Å². The maximum absolute atomic E-state index is 13.6. The van der Waals surface area contributed by atoms with E-state index in [1.807, 2.05) is 0 Å². The van der Waals surface area contributed by atoms with Gasteiger partial charge in [0.2, 0.25) is 0 Å². The summed E-state index contributed by atoms with van der Waals surface area (Å²) in [7, 11) is 0. The molecule has 7 heteroatoms. The van der Waals surface area contributed by atoms with Gasteiger partial charge in [-0.1, -0.05) is 0 Å². The van der Waals surface area contributed by atoms with Crippen molar-refractivity contribution >= 4 is 17.7 Å². The largest absolute Gasteiger partial charge is 0.480 e. The molecule has 0 saturated heterocycles. The average molecular weight is 279 g/mol. The lowest BCUT2D eigenvalue weighted by Gasteiger charge is -2.25. The van der Waals surface area contributed by atoms with E-state index in [2.05, 4.69) is 5.32 Å². The van der Waals surface area contributed by atoms with Gasteiger partial charge in [0.15, 0.2) is 0 Å². The molecule has 106 valence electrons. The van der Waals surface area contributed by atoms with Crippen molar-refractivity contribution in [3.05, 3.63) is 29.6 Å². The topological polar surface area (TPSA) is 93.4 Å². The van der Waals surface area contributed by atoms with Crippen molar-refractivity contribution < 1.29 is 19.1 Å². The van der Waals surface area contributed by atoms with Crippen molar-refractivity contribution in [2.45, 2.75) is 19.9 Å². The maximum atomic E-state index is 13.6. The number of rotatable bonds is 4. The Morgan fingerprint density at radius 2 is 2.15 bits per heavy atom. The molecule has 0 fully saturated rings. The third-order valence-corrected chi connectivity index (χ3v) is 2.53. The summed E-state index contributed by atoms with van der Waals surface area (Å²) < 4.78 is 13.6. The summed E-state index contributed by atoms with van der Waals surface area (Å²) in [4.78, 5) is 23.7. The molecule has 1 rings (SSSR count). The number of benzene rings is 1. The summed E-state index contributed by atoms with van der Waals surface area (Å²) in [5.74, 6) is -1.91. The molecule has 0 atom stereocenters. The number of urea groups is 1. The van der Waals surface area contributed by atoms with E-state index in [1.165, 1.54) is 12.1 Å². The normalized spacial score (nSPS) is 9.95. The maximum Gasteiger partial charge on any atom is 0.323 e. The Bertz CT molecular complexity index is 566. The molecular formula is C13H14FN3O3. The van der Waals surface area contributed by atoms with Gasteiger partial charge < -0.3 is 15.3 Å². The summed E-state index contributed by atoms with van der Waals surface area (Å²) in [6, 6.07) is 4.31. The minimum Gasteiger partial charge on any atom is -0.480 e. The van der Waals surface area contributed by atoms with E-state index in [0.29, 0.717) is 0 Å². The number of anilines is 1. The van der Waals surface area contributed by atoms with E-state index in [-0.39, 0.29) is 17.3 Å². The number of halogens is 1. The molecule has 0 radical (unpaired) electrons. The van der Waals surface area contributed by atoms with E-state index in [9.17, 15) is 14.0 Å². The minimum atomic E-state index is -1.16. The Labute approximate surface area is 115 Å². The van der Waals surface area contributed by atoms with Gasteiger partial charge in [0, 0.05) is 6.04 Å². The molecule has 1 aromatic rings. The fourth-order valence-corrected chi connectivity index (χ4v) is 1.51. The number of carbonyl (C=O) groups is 2. The number of nitriles is 1. The zero-order valence-electron chi connectivity index (χ0n) is 11.1. The Kier molecular flexibility index (Phi) is 5.03. The Hall–Kier alpha value is -2.62. The van der Waals surface area contributed by atoms with Gasteiger partial charge in [0.1, 0.15) is 12.4 Å². The van der Waals surface area contributed by atoms with E-state index >= 15 is 0 Å². The first-order chi connectivity index (χ1) is 9.35. The molecule has 2 amide bonds. The number of carboxylic acid groups (broad SMARTS) is 1. The van der Waals surface area contributed by atoms with Gasteiger partial charge in [-0.15, -0.1) is 0 Å². The summed E-state index contributed by atoms with van der Waals surface area (Å²) in [5.41, 5.74) is 0.0248. The highest BCUT2D eigenvalue weighted by molar-refractivity contribution is 5.91. The molecule has 0 spiro atoms. The quantitative estimate of drug-likeness (QED) is 0.881. The third kappa shape index (κ3) is 3.95. The van der Waals surface area contributed by atoms with Gasteiger partial charge in [-0.2, -0.15) is 5.26 Å². The van der Waals surface area contributed by atoms with Crippen molar-refractivity contribution in [2.75, 3.05) is 11.9 Å². The molecule has 0 bridgehead atoms. The molecule has 0 unspecified atom stereocenters. The predicted octanol–water partition coefficient (Wildman–Crippen LogP) is 2.02. The fraction of sp³-hybridized carbons (Fsp3) is 0.308. The van der Waals surface area contributed by atoms with Gasteiger partial charge in [-0.3, -0.25) is 4.79 Å². The van der Waals surface area contributed by atoms with Gasteiger partial charge in [-0.05, 0) is 32.0 Å². The van der Waals surface area contributed by atoms with E-state index < -0.39 is 24.4 Å². The number of carboxylic acids is 1. The number of hydrogen-bond donors (Lipinski definition) is 2. The number of hydrogen-bond acceptors (Lipinski definition) is 3. The van der Waals surface area contributed by atoms with Gasteiger partial charge >= 0.3 is 12.0 Å². The molecule has 0 aliphatic heterocycles. The Balaban J connectivity index is 2.88. The number of nitrogens with one attached hydrogen (secondary N) is 1. The first-order valence-corrected chi connectivity index (χ1v) is 5.84. The zero-order valence-corrected chi connectivity index (χ0v) is 11.1. The molecule has 0 aromatic heterocycles. The van der Waals surface area contributed by atoms with Crippen LogP contribution in [0.1, 0.15) is 19.4 Å². The molecular weight excluding hydrogens is 265 g/mol. The van der Waals surface area contributed by atoms with Crippen LogP contribution < -0.4 is 5.32 Å². The van der Waals surface area contributed by atoms with Crippen LogP contribution >= 0.6 is 0 Å². The van der Waals surface area contributed by atoms with Crippen LogP contribution in [-0.4, -0.2) is 34.6 Å². The summed E-state index contributed by atoms with van der Waals surface area (Å²) in [6.45, 7) is 2.82. The summed E-state index contributed by atoms with van der Waals surface area (Å²) >= 11 is 0. The van der Waals surface area contributed by atoms with Crippen LogP contribution in [0.2, 0.25) is 0 Å². The monoisotopic (exact) mass is 279 g/mol. The van der Waals surface area contributed by atoms with Gasteiger partial charge in [0.25, 0.3) is 0 Å². The number of amides is 2. The minimum absolute atomic E-state index is 0.106. The lowest BCUT2D eigenvalue weighted by molar-refractivity contribution is -0.137. The van der Waals surface area contributed by atoms with Crippen LogP contribution in [0.25, 0.3) is 0 Å². The smallest absolute Gasteiger partial charge is 0.323 e. The molecule has 2 N–H and O–H groups in total. The van der Waals surface area contributed by atoms with Crippen molar-refractivity contribution in [3.8, 4) is 6.07 Å². The van der Waals surface area contributed by atoms with Crippen molar-refractivity contribution in [1.82, 2.24) is 4.90 Å². The summed E-state index contributed by atoms with van der Waals surface area (Å²) in [6.07, 6.45) is 0. The van der Waals surface area contributed by atoms with Crippen LogP contribution in [0.4, 0.5) is 14.9 Å². The zero-order chi connectivity index (χ0) is 15.3. The van der Waals surface area contributed by atoms with Crippen molar-refractivity contribution in [1.29, 1.82) is 5.26 Å². The van der Waals surface area contributed by atoms with Gasteiger partial charge in [0.05, 0.1) is 17.3 Å². The molecule has 0 heterocycles. The molecule has 1 aromatic carbocycles. The second-order valence-electron chi connectivity index (χ2n) is 4.35. The second-order valence-corrected chi connectivity index (χ2v) is 4.35. The van der Waals surface area contributed by atoms with Crippen LogP contribution in [-0.2, 0) is 4.79 Å². The molecule has 0 aliphatic carbocycles. The average Bonchev–Trinajstić information content (AvgIpc) is 2.37. The highest BCUT2D eigenvalue weighted by atomic mass is 19.1. The predicted molar refractivity (Wildman–Crippen MR) is 69.6 cm³/mol. The SMILES string of the molecule is CC(C)N(CC(=O)O)C(=O)Nc1ccc(C#N)cc1F. The van der Waals surface area contributed by atoms with Crippen LogP contribution in [0.15, 0.2) is 18.2 Å². The first kappa shape index (κ1) is 15.4. The Morgan fingerprint density at radius 1 is 1.50 bits per heavy atom. The lowest BCUT2D eigenvalue weighted by Crippen LogP contribution is -2.43. The fourth-order valence-electron chi connectivity index (χ4n) is 1.51. The van der Waals surface area contributed by atoms with Crippen LogP contribution in [0.3, 0.4) is 0 Å². The Morgan fingerprint density at radius 3 is 2.60 bits per heavy atom. The van der Waals surface area contributed by atoms with E-state index in [1.54, 1.807) is 19.9 Å². The number of nitrogens with zero attached hydrogens (tertiary/aromatic N) is 2. The lowest BCUT2D eigenvalue weighted by atomic mass is 10.2. The number of carbonyl (C=O) groups excluding carboxylic acids is 1. The van der Waals surface area contributed by atoms with Crippen molar-refractivity contribution in [2.24, 2.45) is 0 Å². The van der Waals surface area contributed by atoms with E-state index in [0.717, 1.165) is 11.0 Å². The standard InChI is InChI=1S/C13H14FN3O3/c1-8(2)17(7-12(18)19)13(20)16-11-4-3-9(6-15)5-10(11)14/h3-5,8H,7H2,1-2H3,(H,16,20)(H,18,19). The molecule has 0 saturated carbocycles. The van der Waals surface area contributed by atoms with Gasteiger partial charge in [-0.25, -0.2) is 9.18 Å². The highest BCUT2D eigenvalue weighted by Gasteiger charge is 2.20. The van der Waals surface area contributed by atoms with Crippen LogP contribution in [0.5, 0.6) is 0 Å². The van der Waals surface area contributed by atoms with E-state index in [4.69, 9.17) is 10.4 Å². The first-order valence-electron chi connectivity index (χ1n) is 5.84. The highest BCUT2D eigenvalue weighted by Crippen LogP contribution is 2.16. The molecule has 0 aliphatic rings.